The lowest BCUT2D eigenvalue weighted by atomic mass is 9.99. The summed E-state index contributed by atoms with van der Waals surface area (Å²) in [5.41, 5.74) is 13.0. The normalized spacial score (nSPS) is 21.1. The van der Waals surface area contributed by atoms with Crippen LogP contribution in [-0.2, 0) is 9.53 Å². The first-order chi connectivity index (χ1) is 12.0. The van der Waals surface area contributed by atoms with E-state index in [2.05, 4.69) is 5.32 Å². The van der Waals surface area contributed by atoms with E-state index < -0.39 is 11.6 Å². The van der Waals surface area contributed by atoms with Crippen LogP contribution in [0.25, 0.3) is 11.1 Å². The van der Waals surface area contributed by atoms with Crippen LogP contribution in [0.1, 0.15) is 6.92 Å². The molecule has 2 aliphatic rings. The number of nitrogens with one attached hydrogen (secondary N) is 1. The minimum atomic E-state index is -1.25. The van der Waals surface area contributed by atoms with Gasteiger partial charge in [-0.1, -0.05) is 36.4 Å². The van der Waals surface area contributed by atoms with E-state index in [0.717, 1.165) is 16.8 Å². The average Bonchev–Trinajstić information content (AvgIpc) is 2.90. The first-order valence-electron chi connectivity index (χ1n) is 7.82. The van der Waals surface area contributed by atoms with E-state index in [4.69, 9.17) is 20.9 Å². The van der Waals surface area contributed by atoms with Gasteiger partial charge in [0.1, 0.15) is 17.1 Å². The van der Waals surface area contributed by atoms with Gasteiger partial charge < -0.3 is 26.3 Å². The van der Waals surface area contributed by atoms with E-state index in [0.29, 0.717) is 11.5 Å². The van der Waals surface area contributed by atoms with Gasteiger partial charge in [-0.25, -0.2) is 0 Å². The molecule has 0 radical (unpaired) electrons. The van der Waals surface area contributed by atoms with Gasteiger partial charge in [0, 0.05) is 6.08 Å². The zero-order chi connectivity index (χ0) is 17.6. The number of anilines is 1. The lowest BCUT2D eigenvalue weighted by Crippen LogP contribution is -2.48. The average molecular weight is 335 g/mol. The van der Waals surface area contributed by atoms with Crippen LogP contribution in [0.5, 0.6) is 5.75 Å². The van der Waals surface area contributed by atoms with Gasteiger partial charge in [-0.05, 0) is 30.2 Å². The summed E-state index contributed by atoms with van der Waals surface area (Å²) in [4.78, 5) is 11.9. The number of rotatable bonds is 2. The van der Waals surface area contributed by atoms with Gasteiger partial charge >= 0.3 is 0 Å². The number of nitrogens with two attached hydrogens (primary N) is 2. The van der Waals surface area contributed by atoms with Crippen molar-refractivity contribution in [1.29, 1.82) is 0 Å². The fraction of sp³-hybridized carbons (Fsp3) is 0.105. The molecule has 2 aromatic carbocycles. The number of allylic oxidation sites excluding steroid dienone is 1. The Labute approximate surface area is 144 Å². The summed E-state index contributed by atoms with van der Waals surface area (Å²) in [6.45, 7) is 1.73. The Hall–Kier alpha value is -3.41. The molecule has 0 aliphatic carbocycles. The molecule has 1 unspecified atom stereocenters. The molecule has 4 rings (SSSR count). The third kappa shape index (κ3) is 2.39. The minimum Gasteiger partial charge on any atom is -0.457 e. The predicted molar refractivity (Wildman–Crippen MR) is 94.1 cm³/mol. The number of carbonyl (C=O) groups is 1. The fourth-order valence-electron chi connectivity index (χ4n) is 3.20. The smallest absolute Gasteiger partial charge is 0.256 e. The minimum absolute atomic E-state index is 0.0514. The van der Waals surface area contributed by atoms with Crippen molar-refractivity contribution in [3.63, 3.8) is 0 Å². The highest BCUT2D eigenvalue weighted by Gasteiger charge is 2.48. The van der Waals surface area contributed by atoms with Crippen molar-refractivity contribution >= 4 is 11.6 Å². The lowest BCUT2D eigenvalue weighted by molar-refractivity contribution is -0.116. The Bertz CT molecular complexity index is 934. The quantitative estimate of drug-likeness (QED) is 0.783. The molecule has 0 saturated heterocycles. The summed E-state index contributed by atoms with van der Waals surface area (Å²) in [6.07, 6.45) is 1.66. The van der Waals surface area contributed by atoms with Crippen molar-refractivity contribution in [3.8, 4) is 16.9 Å². The molecule has 0 fully saturated rings. The number of ether oxygens (including phenoxy) is 2. The van der Waals surface area contributed by atoms with Gasteiger partial charge in [-0.2, -0.15) is 0 Å². The highest BCUT2D eigenvalue weighted by molar-refractivity contribution is 5.97. The van der Waals surface area contributed by atoms with E-state index in [1.807, 2.05) is 48.5 Å². The Morgan fingerprint density at radius 2 is 1.88 bits per heavy atom. The van der Waals surface area contributed by atoms with E-state index in [1.54, 1.807) is 13.0 Å². The molecule has 25 heavy (non-hydrogen) atoms. The number of fused-ring (bicyclic) bond motifs is 1. The monoisotopic (exact) mass is 335 g/mol. The molecule has 2 aromatic rings. The largest absolute Gasteiger partial charge is 0.457 e. The molecule has 0 saturated carbocycles. The van der Waals surface area contributed by atoms with E-state index in [9.17, 15) is 4.79 Å². The van der Waals surface area contributed by atoms with E-state index in [1.165, 1.54) is 0 Å². The maximum Gasteiger partial charge on any atom is 0.256 e. The zero-order valence-electron chi connectivity index (χ0n) is 13.6. The Kier molecular flexibility index (Phi) is 3.21. The first kappa shape index (κ1) is 15.1. The third-order valence-electron chi connectivity index (χ3n) is 4.22. The zero-order valence-corrected chi connectivity index (χ0v) is 13.6. The summed E-state index contributed by atoms with van der Waals surface area (Å²) in [7, 11) is 0. The Morgan fingerprint density at radius 3 is 2.60 bits per heavy atom. The maximum atomic E-state index is 11.9. The highest BCUT2D eigenvalue weighted by Crippen LogP contribution is 2.44. The second-order valence-corrected chi connectivity index (χ2v) is 6.00. The maximum absolute atomic E-state index is 11.9. The molecule has 1 atom stereocenters. The van der Waals surface area contributed by atoms with Crippen LogP contribution in [0.3, 0.4) is 0 Å². The van der Waals surface area contributed by atoms with Crippen molar-refractivity contribution in [2.75, 3.05) is 5.32 Å². The van der Waals surface area contributed by atoms with Crippen molar-refractivity contribution in [1.82, 2.24) is 0 Å². The van der Waals surface area contributed by atoms with Crippen LogP contribution >= 0.6 is 0 Å². The number of hydrogen-bond donors (Lipinski definition) is 3. The van der Waals surface area contributed by atoms with E-state index in [-0.39, 0.29) is 11.5 Å². The molecule has 2 heterocycles. The molecule has 126 valence electrons. The SMILES string of the molecule is CC1=CC2(Nc3cc(-c4ccccc4)ccc3O2)C(C(N)=O)=C(N)O1. The van der Waals surface area contributed by atoms with Crippen LogP contribution < -0.4 is 21.5 Å². The van der Waals surface area contributed by atoms with Gasteiger partial charge in [0.2, 0.25) is 11.6 Å². The molecule has 1 spiro atoms. The molecule has 6 nitrogen and oxygen atoms in total. The first-order valence-corrected chi connectivity index (χ1v) is 7.82. The molecule has 5 N–H and O–H groups in total. The van der Waals surface area contributed by atoms with Crippen LogP contribution in [0.2, 0.25) is 0 Å². The number of hydrogen-bond acceptors (Lipinski definition) is 5. The van der Waals surface area contributed by atoms with E-state index >= 15 is 0 Å². The van der Waals surface area contributed by atoms with Gasteiger partial charge in [0.15, 0.2) is 0 Å². The molecule has 2 aliphatic heterocycles. The molecule has 6 heteroatoms. The van der Waals surface area contributed by atoms with Crippen LogP contribution in [0.4, 0.5) is 5.69 Å². The summed E-state index contributed by atoms with van der Waals surface area (Å²) in [6, 6.07) is 15.8. The van der Waals surface area contributed by atoms with Crippen molar-refractivity contribution in [3.05, 3.63) is 71.8 Å². The Balaban J connectivity index is 1.78. The van der Waals surface area contributed by atoms with Crippen molar-refractivity contribution in [2.45, 2.75) is 12.6 Å². The highest BCUT2D eigenvalue weighted by atomic mass is 16.5. The van der Waals surface area contributed by atoms with Gasteiger partial charge in [-0.3, -0.25) is 4.79 Å². The molecular weight excluding hydrogens is 318 g/mol. The third-order valence-corrected chi connectivity index (χ3v) is 4.22. The van der Waals surface area contributed by atoms with Crippen LogP contribution in [0, 0.1) is 0 Å². The second kappa shape index (κ2) is 5.31. The summed E-state index contributed by atoms with van der Waals surface area (Å²) >= 11 is 0. The summed E-state index contributed by atoms with van der Waals surface area (Å²) < 4.78 is 11.4. The number of primary amides is 1. The molecule has 1 amide bonds. The molecular formula is C19H17N3O3. The second-order valence-electron chi connectivity index (χ2n) is 6.00. The molecule has 0 bridgehead atoms. The fourth-order valence-corrected chi connectivity index (χ4v) is 3.20. The van der Waals surface area contributed by atoms with Crippen LogP contribution in [0.15, 0.2) is 71.8 Å². The van der Waals surface area contributed by atoms with Crippen LogP contribution in [-0.4, -0.2) is 11.6 Å². The topological polar surface area (TPSA) is 99.6 Å². The summed E-state index contributed by atoms with van der Waals surface area (Å²) in [5.74, 6) is 0.365. The number of carbonyl (C=O) groups excluding carboxylic acids is 1. The Morgan fingerprint density at radius 1 is 1.12 bits per heavy atom. The number of amides is 1. The molecule has 0 aromatic heterocycles. The van der Waals surface area contributed by atoms with Gasteiger partial charge in [0.25, 0.3) is 5.91 Å². The van der Waals surface area contributed by atoms with Crippen molar-refractivity contribution < 1.29 is 14.3 Å². The van der Waals surface area contributed by atoms with Gasteiger partial charge in [-0.15, -0.1) is 0 Å². The summed E-state index contributed by atoms with van der Waals surface area (Å²) in [5, 5.41) is 3.23. The van der Waals surface area contributed by atoms with Gasteiger partial charge in [0.05, 0.1) is 5.69 Å². The number of benzene rings is 2. The lowest BCUT2D eigenvalue weighted by Gasteiger charge is -2.31. The predicted octanol–water partition coefficient (Wildman–Crippen LogP) is 2.44. The standard InChI is InChI=1S/C19H17N3O3/c1-11-10-19(16(17(20)23)18(21)24-11)22-14-9-13(7-8-15(14)25-19)12-5-3-2-4-6-12/h2-10,22H,21H2,1H3,(H2,20,23). The van der Waals surface area contributed by atoms with Crippen molar-refractivity contribution in [2.24, 2.45) is 11.5 Å².